The van der Waals surface area contributed by atoms with Crippen molar-refractivity contribution in [1.29, 1.82) is 0 Å². The second-order valence-electron chi connectivity index (χ2n) is 5.02. The van der Waals surface area contributed by atoms with Gasteiger partial charge in [0.1, 0.15) is 11.6 Å². The summed E-state index contributed by atoms with van der Waals surface area (Å²) in [6.45, 7) is 1.54. The van der Waals surface area contributed by atoms with E-state index < -0.39 is 5.91 Å². The number of amides is 2. The maximum Gasteiger partial charge on any atom is 0.255 e. The summed E-state index contributed by atoms with van der Waals surface area (Å²) in [7, 11) is 0. The number of hydrogen-bond donors (Lipinski definition) is 2. The number of rotatable bonds is 6. The van der Waals surface area contributed by atoms with E-state index in [1.807, 2.05) is 0 Å². The molecule has 0 aliphatic rings. The first-order chi connectivity index (χ1) is 11.0. The van der Waals surface area contributed by atoms with Crippen LogP contribution in [0.1, 0.15) is 21.5 Å². The number of nitrogens with two attached hydrogens (primary N) is 1. The maximum atomic E-state index is 13.5. The van der Waals surface area contributed by atoms with Crippen molar-refractivity contribution in [3.63, 3.8) is 0 Å². The molecule has 0 fully saturated rings. The maximum absolute atomic E-state index is 13.5. The quantitative estimate of drug-likeness (QED) is 0.854. The Balaban J connectivity index is 2.05. The molecule has 0 spiro atoms. The van der Waals surface area contributed by atoms with Crippen LogP contribution in [0.3, 0.4) is 0 Å². The number of carbonyl (C=O) groups is 2. The van der Waals surface area contributed by atoms with Gasteiger partial charge in [-0.3, -0.25) is 9.59 Å². The summed E-state index contributed by atoms with van der Waals surface area (Å²) < 4.78 is 18.7. The normalized spacial score (nSPS) is 10.2. The molecule has 0 unspecified atom stereocenters. The molecule has 23 heavy (non-hydrogen) atoms. The first-order valence-corrected chi connectivity index (χ1v) is 7.00. The van der Waals surface area contributed by atoms with E-state index in [-0.39, 0.29) is 36.2 Å². The number of hydrogen-bond acceptors (Lipinski definition) is 3. The summed E-state index contributed by atoms with van der Waals surface area (Å²) in [4.78, 5) is 23.0. The van der Waals surface area contributed by atoms with Crippen molar-refractivity contribution in [2.75, 3.05) is 6.61 Å². The summed E-state index contributed by atoms with van der Waals surface area (Å²) in [5.41, 5.74) is 6.50. The summed E-state index contributed by atoms with van der Waals surface area (Å²) in [6, 6.07) is 11.3. The van der Waals surface area contributed by atoms with Crippen LogP contribution in [0.5, 0.6) is 5.75 Å². The average molecular weight is 316 g/mol. The van der Waals surface area contributed by atoms with Crippen molar-refractivity contribution >= 4 is 11.8 Å². The molecule has 0 aliphatic heterocycles. The van der Waals surface area contributed by atoms with Gasteiger partial charge in [-0.2, -0.15) is 0 Å². The highest BCUT2D eigenvalue weighted by atomic mass is 19.1. The van der Waals surface area contributed by atoms with E-state index in [1.54, 1.807) is 43.3 Å². The van der Waals surface area contributed by atoms with Gasteiger partial charge >= 0.3 is 0 Å². The van der Waals surface area contributed by atoms with E-state index in [0.29, 0.717) is 11.1 Å². The Morgan fingerprint density at radius 2 is 1.96 bits per heavy atom. The topological polar surface area (TPSA) is 81.4 Å². The van der Waals surface area contributed by atoms with Crippen LogP contribution in [0.15, 0.2) is 42.5 Å². The fourth-order valence-corrected chi connectivity index (χ4v) is 1.95. The van der Waals surface area contributed by atoms with Crippen LogP contribution in [0.2, 0.25) is 0 Å². The number of benzene rings is 2. The molecule has 3 N–H and O–H groups in total. The highest BCUT2D eigenvalue weighted by molar-refractivity contribution is 5.97. The minimum Gasteiger partial charge on any atom is -0.483 e. The van der Waals surface area contributed by atoms with Gasteiger partial charge in [-0.25, -0.2) is 4.39 Å². The summed E-state index contributed by atoms with van der Waals surface area (Å²) in [6.07, 6.45) is 0. The Morgan fingerprint density at radius 1 is 1.22 bits per heavy atom. The van der Waals surface area contributed by atoms with Crippen LogP contribution in [-0.2, 0) is 11.3 Å². The molecule has 120 valence electrons. The van der Waals surface area contributed by atoms with Crippen molar-refractivity contribution in [2.24, 2.45) is 5.73 Å². The molecular weight excluding hydrogens is 299 g/mol. The summed E-state index contributed by atoms with van der Waals surface area (Å²) >= 11 is 0. The Hall–Kier alpha value is -2.89. The molecule has 5 nitrogen and oxygen atoms in total. The number of para-hydroxylation sites is 1. The van der Waals surface area contributed by atoms with E-state index in [2.05, 4.69) is 5.32 Å². The molecule has 2 aromatic carbocycles. The standard InChI is InChI=1S/C17H17FN2O3/c1-11-6-7-12(8-14(11)18)9-20-17(22)13-4-2-3-5-15(13)23-10-16(19)21/h2-8H,9-10H2,1H3,(H2,19,21)(H,20,22). The molecule has 0 aliphatic carbocycles. The monoisotopic (exact) mass is 316 g/mol. The van der Waals surface area contributed by atoms with Gasteiger partial charge in [0, 0.05) is 6.54 Å². The molecule has 0 radical (unpaired) electrons. The van der Waals surface area contributed by atoms with E-state index in [4.69, 9.17) is 10.5 Å². The number of carbonyl (C=O) groups excluding carboxylic acids is 2. The predicted octanol–water partition coefficient (Wildman–Crippen LogP) is 1.93. The molecule has 6 heteroatoms. The summed E-state index contributed by atoms with van der Waals surface area (Å²) in [5, 5.41) is 2.69. The predicted molar refractivity (Wildman–Crippen MR) is 83.4 cm³/mol. The Labute approximate surface area is 133 Å². The van der Waals surface area contributed by atoms with Gasteiger partial charge in [0.15, 0.2) is 6.61 Å². The SMILES string of the molecule is Cc1ccc(CNC(=O)c2ccccc2OCC(N)=O)cc1F. The number of nitrogens with one attached hydrogen (secondary N) is 1. The van der Waals surface area contributed by atoms with Crippen LogP contribution >= 0.6 is 0 Å². The van der Waals surface area contributed by atoms with Crippen LogP contribution in [0, 0.1) is 12.7 Å². The second kappa shape index (κ2) is 7.40. The van der Waals surface area contributed by atoms with Crippen molar-refractivity contribution < 1.29 is 18.7 Å². The van der Waals surface area contributed by atoms with Crippen molar-refractivity contribution in [1.82, 2.24) is 5.32 Å². The number of primary amides is 1. The third-order valence-electron chi connectivity index (χ3n) is 3.19. The zero-order chi connectivity index (χ0) is 16.8. The lowest BCUT2D eigenvalue weighted by atomic mass is 10.1. The van der Waals surface area contributed by atoms with E-state index in [9.17, 15) is 14.0 Å². The molecule has 0 bridgehead atoms. The molecule has 0 saturated carbocycles. The van der Waals surface area contributed by atoms with E-state index >= 15 is 0 Å². The van der Waals surface area contributed by atoms with Crippen molar-refractivity contribution in [3.05, 3.63) is 65.0 Å². The third kappa shape index (κ3) is 4.54. The number of halogens is 1. The van der Waals surface area contributed by atoms with Gasteiger partial charge in [0.2, 0.25) is 0 Å². The fourth-order valence-electron chi connectivity index (χ4n) is 1.95. The van der Waals surface area contributed by atoms with E-state index in [0.717, 1.165) is 0 Å². The fraction of sp³-hybridized carbons (Fsp3) is 0.176. The summed E-state index contributed by atoms with van der Waals surface area (Å²) in [5.74, 6) is -1.07. The van der Waals surface area contributed by atoms with Crippen LogP contribution in [0.4, 0.5) is 4.39 Å². The van der Waals surface area contributed by atoms with Gasteiger partial charge in [0.25, 0.3) is 11.8 Å². The average Bonchev–Trinajstić information content (AvgIpc) is 2.54. The molecule has 0 atom stereocenters. The van der Waals surface area contributed by atoms with Crippen molar-refractivity contribution in [3.8, 4) is 5.75 Å². The molecule has 0 aromatic heterocycles. The third-order valence-corrected chi connectivity index (χ3v) is 3.19. The largest absolute Gasteiger partial charge is 0.483 e. The van der Waals surface area contributed by atoms with Crippen LogP contribution in [-0.4, -0.2) is 18.4 Å². The Bertz CT molecular complexity index is 732. The lowest BCUT2D eigenvalue weighted by molar-refractivity contribution is -0.119. The molecule has 2 amide bonds. The first-order valence-electron chi connectivity index (χ1n) is 7.00. The van der Waals surface area contributed by atoms with Gasteiger partial charge in [-0.15, -0.1) is 0 Å². The zero-order valence-corrected chi connectivity index (χ0v) is 12.6. The van der Waals surface area contributed by atoms with Crippen LogP contribution in [0.25, 0.3) is 0 Å². The van der Waals surface area contributed by atoms with Crippen LogP contribution < -0.4 is 15.8 Å². The van der Waals surface area contributed by atoms with Gasteiger partial charge < -0.3 is 15.8 Å². The molecule has 2 aromatic rings. The lowest BCUT2D eigenvalue weighted by Gasteiger charge is -2.11. The Kier molecular flexibility index (Phi) is 5.30. The number of aryl methyl sites for hydroxylation is 1. The molecule has 0 saturated heterocycles. The smallest absolute Gasteiger partial charge is 0.255 e. The van der Waals surface area contributed by atoms with Crippen molar-refractivity contribution in [2.45, 2.75) is 13.5 Å². The zero-order valence-electron chi connectivity index (χ0n) is 12.6. The minimum absolute atomic E-state index is 0.181. The molecule has 2 rings (SSSR count). The second-order valence-corrected chi connectivity index (χ2v) is 5.02. The highest BCUT2D eigenvalue weighted by Crippen LogP contribution is 2.18. The number of ether oxygens (including phenoxy) is 1. The van der Waals surface area contributed by atoms with Gasteiger partial charge in [0.05, 0.1) is 5.56 Å². The highest BCUT2D eigenvalue weighted by Gasteiger charge is 2.12. The molecular formula is C17H17FN2O3. The Morgan fingerprint density at radius 3 is 2.65 bits per heavy atom. The minimum atomic E-state index is -0.629. The lowest BCUT2D eigenvalue weighted by Crippen LogP contribution is -2.25. The van der Waals surface area contributed by atoms with Gasteiger partial charge in [-0.05, 0) is 36.2 Å². The van der Waals surface area contributed by atoms with Gasteiger partial charge in [-0.1, -0.05) is 24.3 Å². The first kappa shape index (κ1) is 16.5. The molecule has 0 heterocycles. The van der Waals surface area contributed by atoms with E-state index in [1.165, 1.54) is 6.07 Å².